The van der Waals surface area contributed by atoms with Gasteiger partial charge < -0.3 is 15.4 Å². The molecular weight excluding hydrogens is 569 g/mol. The van der Waals surface area contributed by atoms with Gasteiger partial charge in [-0.05, 0) is 54.3 Å². The van der Waals surface area contributed by atoms with Gasteiger partial charge in [0.25, 0.3) is 0 Å². The molecule has 0 aliphatic carbocycles. The maximum atomic E-state index is 13.9. The molecule has 2 aliphatic heterocycles. The molecule has 220 valence electrons. The monoisotopic (exact) mass is 599 g/mol. The number of ether oxygens (including phenoxy) is 1. The molecule has 0 bridgehead atoms. The Kier molecular flexibility index (Phi) is 9.63. The molecule has 1 unspecified atom stereocenters. The van der Waals surface area contributed by atoms with Crippen molar-refractivity contribution in [2.75, 3.05) is 11.9 Å². The van der Waals surface area contributed by atoms with Crippen molar-refractivity contribution in [1.82, 2.24) is 10.2 Å². The maximum Gasteiger partial charge on any atom is 0.408 e. The lowest BCUT2D eigenvalue weighted by Gasteiger charge is -2.17. The number of hydrogen-bond acceptors (Lipinski definition) is 7. The molecule has 1 saturated heterocycles. The summed E-state index contributed by atoms with van der Waals surface area (Å²) in [4.78, 5) is 48.9. The molecule has 2 heterocycles. The van der Waals surface area contributed by atoms with E-state index in [-0.39, 0.29) is 24.9 Å². The molecule has 5 rings (SSSR count). The second-order valence-electron chi connectivity index (χ2n) is 9.94. The van der Waals surface area contributed by atoms with Gasteiger partial charge >= 0.3 is 6.09 Å². The van der Waals surface area contributed by atoms with Crippen molar-refractivity contribution >= 4 is 46.7 Å². The van der Waals surface area contributed by atoms with Gasteiger partial charge in [0, 0.05) is 18.4 Å². The lowest BCUT2D eigenvalue weighted by Crippen LogP contribution is -2.41. The van der Waals surface area contributed by atoms with E-state index in [1.165, 1.54) is 23.9 Å². The fraction of sp³-hybridized carbons (Fsp3) is 0.219. The quantitative estimate of drug-likeness (QED) is 0.332. The van der Waals surface area contributed by atoms with E-state index in [0.717, 1.165) is 17.5 Å². The number of dihydropyridines is 1. The van der Waals surface area contributed by atoms with Crippen LogP contribution in [-0.2, 0) is 27.5 Å². The molecule has 1 fully saturated rings. The van der Waals surface area contributed by atoms with Crippen LogP contribution in [0.1, 0.15) is 35.3 Å². The number of amidine groups is 1. The van der Waals surface area contributed by atoms with E-state index in [0.29, 0.717) is 28.7 Å². The number of anilines is 1. The Morgan fingerprint density at radius 3 is 2.58 bits per heavy atom. The Hall–Kier alpha value is -4.77. The molecule has 3 amide bonds. The van der Waals surface area contributed by atoms with Crippen LogP contribution in [0.4, 0.5) is 14.9 Å². The standard InChI is InChI=1S/C32H30FN5O4S/c1-21(35-32(41)42-20-22-7-3-2-4-8-22)29(39)36-26-14-12-24(13-15-26)28-30(40)38(19-23-9-5-10-25(33)17-23)31(43-28)37-27-11-6-16-34-18-27/h2-5,7-15,17-18,21,28H,6,16,19-20H2,1H3,(H,35,41)(H,36,39)/t21-,28?/m0/s1. The second kappa shape index (κ2) is 13.9. The molecule has 2 aliphatic rings. The Balaban J connectivity index is 1.22. The van der Waals surface area contributed by atoms with Crippen LogP contribution in [0.25, 0.3) is 0 Å². The normalized spacial score (nSPS) is 17.9. The predicted octanol–water partition coefficient (Wildman–Crippen LogP) is 5.61. The number of allylic oxidation sites excluding steroid dienone is 1. The topological polar surface area (TPSA) is 112 Å². The van der Waals surface area contributed by atoms with Crippen molar-refractivity contribution < 1.29 is 23.5 Å². The van der Waals surface area contributed by atoms with Crippen LogP contribution in [0.2, 0.25) is 0 Å². The van der Waals surface area contributed by atoms with Crippen LogP contribution < -0.4 is 10.6 Å². The van der Waals surface area contributed by atoms with Gasteiger partial charge in [0.15, 0.2) is 5.17 Å². The highest BCUT2D eigenvalue weighted by atomic mass is 32.2. The van der Waals surface area contributed by atoms with Crippen molar-refractivity contribution in [3.05, 3.63) is 113 Å². The number of halogens is 1. The number of nitrogens with one attached hydrogen (secondary N) is 2. The first-order valence-corrected chi connectivity index (χ1v) is 14.6. The highest BCUT2D eigenvalue weighted by molar-refractivity contribution is 8.15. The van der Waals surface area contributed by atoms with E-state index < -0.39 is 23.3 Å². The summed E-state index contributed by atoms with van der Waals surface area (Å²) < 4.78 is 19.0. The Morgan fingerprint density at radius 2 is 1.86 bits per heavy atom. The van der Waals surface area contributed by atoms with Gasteiger partial charge in [0.2, 0.25) is 11.8 Å². The number of thioether (sulfide) groups is 1. The Labute approximate surface area is 252 Å². The van der Waals surface area contributed by atoms with Crippen LogP contribution in [0, 0.1) is 5.82 Å². The van der Waals surface area contributed by atoms with Gasteiger partial charge in [-0.15, -0.1) is 0 Å². The van der Waals surface area contributed by atoms with E-state index in [4.69, 9.17) is 9.73 Å². The van der Waals surface area contributed by atoms with E-state index in [1.807, 2.05) is 36.4 Å². The van der Waals surface area contributed by atoms with Gasteiger partial charge in [-0.25, -0.2) is 14.2 Å². The van der Waals surface area contributed by atoms with Crippen LogP contribution in [0.15, 0.2) is 101 Å². The summed E-state index contributed by atoms with van der Waals surface area (Å²) in [5, 5.41) is 5.23. The van der Waals surface area contributed by atoms with Crippen LogP contribution in [0.5, 0.6) is 0 Å². The second-order valence-corrected chi connectivity index (χ2v) is 11.0. The summed E-state index contributed by atoms with van der Waals surface area (Å²) in [6.45, 7) is 2.53. The number of carbonyl (C=O) groups is 3. The van der Waals surface area contributed by atoms with Crippen molar-refractivity contribution in [1.29, 1.82) is 0 Å². The highest BCUT2D eigenvalue weighted by Gasteiger charge is 2.39. The average molecular weight is 600 g/mol. The highest BCUT2D eigenvalue weighted by Crippen LogP contribution is 2.41. The molecule has 43 heavy (non-hydrogen) atoms. The smallest absolute Gasteiger partial charge is 0.408 e. The third-order valence-corrected chi connectivity index (χ3v) is 7.89. The molecule has 0 spiro atoms. The summed E-state index contributed by atoms with van der Waals surface area (Å²) in [5.74, 6) is -0.973. The zero-order valence-corrected chi connectivity index (χ0v) is 24.2. The van der Waals surface area contributed by atoms with Crippen LogP contribution in [0.3, 0.4) is 0 Å². The first-order valence-electron chi connectivity index (χ1n) is 13.7. The molecule has 0 radical (unpaired) electrons. The molecule has 0 aromatic heterocycles. The number of rotatable bonds is 9. The lowest BCUT2D eigenvalue weighted by atomic mass is 10.1. The van der Waals surface area contributed by atoms with Crippen molar-refractivity contribution in [3.8, 4) is 0 Å². The summed E-state index contributed by atoms with van der Waals surface area (Å²) in [7, 11) is 0. The molecule has 9 nitrogen and oxygen atoms in total. The van der Waals surface area contributed by atoms with E-state index in [2.05, 4.69) is 15.6 Å². The zero-order valence-electron chi connectivity index (χ0n) is 23.4. The van der Waals surface area contributed by atoms with Gasteiger partial charge in [-0.2, -0.15) is 0 Å². The minimum absolute atomic E-state index is 0.0949. The largest absolute Gasteiger partial charge is 0.445 e. The molecular formula is C32H30FN5O4S. The summed E-state index contributed by atoms with van der Waals surface area (Å²) in [6.07, 6.45) is 3.72. The third kappa shape index (κ3) is 7.95. The minimum Gasteiger partial charge on any atom is -0.445 e. The molecule has 11 heteroatoms. The SMILES string of the molecule is C[C@H](NC(=O)OCc1ccccc1)C(=O)Nc1ccc(C2SC(=NC3=CCCN=C3)N(Cc3cccc(F)c3)C2=O)cc1. The van der Waals surface area contributed by atoms with Crippen LogP contribution in [-0.4, -0.2) is 46.8 Å². The molecule has 3 aromatic carbocycles. The van der Waals surface area contributed by atoms with Crippen molar-refractivity contribution in [2.45, 2.75) is 37.8 Å². The van der Waals surface area contributed by atoms with Gasteiger partial charge in [0.05, 0.1) is 12.2 Å². The van der Waals surface area contributed by atoms with Gasteiger partial charge in [-0.3, -0.25) is 19.5 Å². The van der Waals surface area contributed by atoms with Crippen molar-refractivity contribution in [3.63, 3.8) is 0 Å². The summed E-state index contributed by atoms with van der Waals surface area (Å²) >= 11 is 1.31. The first-order chi connectivity index (χ1) is 20.9. The van der Waals surface area contributed by atoms with Crippen LogP contribution >= 0.6 is 11.8 Å². The number of carbonyl (C=O) groups excluding carboxylic acids is 3. The van der Waals surface area contributed by atoms with E-state index in [1.54, 1.807) is 54.4 Å². The Bertz CT molecular complexity index is 1580. The van der Waals surface area contributed by atoms with Gasteiger partial charge in [-0.1, -0.05) is 72.4 Å². The third-order valence-electron chi connectivity index (χ3n) is 6.66. The number of benzene rings is 3. The molecule has 2 N–H and O–H groups in total. The number of hydrogen-bond donors (Lipinski definition) is 2. The average Bonchev–Trinajstić information content (AvgIpc) is 3.31. The molecule has 0 saturated carbocycles. The van der Waals surface area contributed by atoms with E-state index >= 15 is 0 Å². The van der Waals surface area contributed by atoms with E-state index in [9.17, 15) is 18.8 Å². The predicted molar refractivity (Wildman–Crippen MR) is 165 cm³/mol. The number of alkyl carbamates (subject to hydrolysis) is 1. The fourth-order valence-electron chi connectivity index (χ4n) is 4.40. The summed E-state index contributed by atoms with van der Waals surface area (Å²) in [5.41, 5.74) is 3.40. The lowest BCUT2D eigenvalue weighted by molar-refractivity contribution is -0.126. The Morgan fingerprint density at radius 1 is 1.09 bits per heavy atom. The first kappa shape index (κ1) is 29.7. The number of amides is 3. The zero-order chi connectivity index (χ0) is 30.2. The molecule has 2 atom stereocenters. The van der Waals surface area contributed by atoms with Gasteiger partial charge in [0.1, 0.15) is 23.7 Å². The molecule has 3 aromatic rings. The number of aliphatic imine (C=N–C) groups is 2. The maximum absolute atomic E-state index is 13.9. The fourth-order valence-corrected chi connectivity index (χ4v) is 5.57. The minimum atomic E-state index is -0.845. The number of nitrogens with zero attached hydrogens (tertiary/aromatic N) is 3. The van der Waals surface area contributed by atoms with Crippen molar-refractivity contribution in [2.24, 2.45) is 9.98 Å². The summed E-state index contributed by atoms with van der Waals surface area (Å²) in [6, 6.07) is 21.5.